The molecule has 0 unspecified atom stereocenters. The summed E-state index contributed by atoms with van der Waals surface area (Å²) < 4.78 is 18.5. The lowest BCUT2D eigenvalue weighted by Crippen LogP contribution is -2.54. The lowest BCUT2D eigenvalue weighted by Gasteiger charge is -2.41. The summed E-state index contributed by atoms with van der Waals surface area (Å²) in [4.78, 5) is 22.6. The van der Waals surface area contributed by atoms with Crippen LogP contribution in [0.5, 0.6) is 5.75 Å². The molecule has 0 radical (unpaired) electrons. The zero-order valence-electron chi connectivity index (χ0n) is 11.6. The molecule has 6 heteroatoms. The van der Waals surface area contributed by atoms with Crippen molar-refractivity contribution in [1.29, 1.82) is 0 Å². The number of hydrogen-bond acceptors (Lipinski definition) is 3. The van der Waals surface area contributed by atoms with Gasteiger partial charge in [-0.1, -0.05) is 12.1 Å². The minimum atomic E-state index is -0.919. The van der Waals surface area contributed by atoms with E-state index < -0.39 is 17.3 Å². The number of carbonyl (C=O) groups is 2. The van der Waals surface area contributed by atoms with Crippen molar-refractivity contribution < 1.29 is 23.8 Å². The molecule has 114 valence electrons. The number of aliphatic carboxylic acids is 1. The van der Waals surface area contributed by atoms with Crippen LogP contribution in [-0.4, -0.2) is 29.1 Å². The molecule has 0 bridgehead atoms. The number of carbonyl (C=O) groups excluding carboxylic acids is 1. The molecule has 5 nitrogen and oxygen atoms in total. The van der Waals surface area contributed by atoms with Gasteiger partial charge in [0, 0.05) is 0 Å². The minimum Gasteiger partial charge on any atom is -0.490 e. The van der Waals surface area contributed by atoms with Crippen molar-refractivity contribution in [3.63, 3.8) is 0 Å². The summed E-state index contributed by atoms with van der Waals surface area (Å²) in [6, 6.07) is 5.98. The predicted octanol–water partition coefficient (Wildman–Crippen LogP) is 2.11. The normalized spacial score (nSPS) is 15.9. The summed E-state index contributed by atoms with van der Waals surface area (Å²) in [5, 5.41) is 11.6. The fourth-order valence-electron chi connectivity index (χ4n) is 2.41. The van der Waals surface area contributed by atoms with Gasteiger partial charge in [0.15, 0.2) is 11.6 Å². The molecule has 0 aromatic heterocycles. The van der Waals surface area contributed by atoms with Crippen LogP contribution in [0.15, 0.2) is 24.3 Å². The number of rotatable bonds is 7. The number of para-hydroxylation sites is 1. The van der Waals surface area contributed by atoms with Crippen molar-refractivity contribution in [1.82, 2.24) is 5.32 Å². The Balaban J connectivity index is 1.77. The van der Waals surface area contributed by atoms with Gasteiger partial charge < -0.3 is 15.2 Å². The quantitative estimate of drug-likeness (QED) is 0.808. The Morgan fingerprint density at radius 1 is 1.33 bits per heavy atom. The van der Waals surface area contributed by atoms with E-state index >= 15 is 0 Å². The smallest absolute Gasteiger partial charge is 0.305 e. The highest BCUT2D eigenvalue weighted by atomic mass is 19.1. The van der Waals surface area contributed by atoms with Gasteiger partial charge in [-0.2, -0.15) is 0 Å². The molecule has 0 heterocycles. The summed E-state index contributed by atoms with van der Waals surface area (Å²) >= 11 is 0. The lowest BCUT2D eigenvalue weighted by molar-refractivity contribution is -0.140. The van der Waals surface area contributed by atoms with Crippen LogP contribution in [-0.2, 0) is 9.59 Å². The molecule has 21 heavy (non-hydrogen) atoms. The van der Waals surface area contributed by atoms with E-state index in [1.54, 1.807) is 12.1 Å². The van der Waals surface area contributed by atoms with Crippen molar-refractivity contribution in [2.45, 2.75) is 37.6 Å². The molecule has 1 aliphatic rings. The molecular weight excluding hydrogens is 277 g/mol. The van der Waals surface area contributed by atoms with Gasteiger partial charge in [0.2, 0.25) is 5.91 Å². The molecule has 0 saturated heterocycles. The molecule has 2 N–H and O–H groups in total. The van der Waals surface area contributed by atoms with Gasteiger partial charge in [-0.25, -0.2) is 4.39 Å². The van der Waals surface area contributed by atoms with Crippen LogP contribution >= 0.6 is 0 Å². The third-order valence-electron chi connectivity index (χ3n) is 3.63. The maximum absolute atomic E-state index is 13.3. The van der Waals surface area contributed by atoms with Crippen molar-refractivity contribution in [2.75, 3.05) is 6.61 Å². The van der Waals surface area contributed by atoms with Crippen LogP contribution in [0.3, 0.4) is 0 Å². The number of carboxylic acids is 1. The number of carboxylic acid groups (broad SMARTS) is 1. The van der Waals surface area contributed by atoms with Crippen LogP contribution in [0, 0.1) is 5.82 Å². The van der Waals surface area contributed by atoms with Crippen LogP contribution in [0.1, 0.15) is 32.1 Å². The number of benzene rings is 1. The third-order valence-corrected chi connectivity index (χ3v) is 3.63. The highest BCUT2D eigenvalue weighted by molar-refractivity contribution is 5.78. The van der Waals surface area contributed by atoms with E-state index in [9.17, 15) is 14.0 Å². The van der Waals surface area contributed by atoms with Crippen LogP contribution < -0.4 is 10.1 Å². The standard InChI is InChI=1S/C15H18FNO4/c16-11-4-1-2-5-12(11)21-9-6-13(18)17-15(7-3-8-15)10-14(19)20/h1-2,4-5H,3,6-10H2,(H,17,18)(H,19,20). The van der Waals surface area contributed by atoms with E-state index in [1.807, 2.05) is 0 Å². The second-order valence-corrected chi connectivity index (χ2v) is 5.28. The Morgan fingerprint density at radius 3 is 2.62 bits per heavy atom. The van der Waals surface area contributed by atoms with E-state index in [0.717, 1.165) is 6.42 Å². The molecule has 0 aliphatic heterocycles. The van der Waals surface area contributed by atoms with Crippen LogP contribution in [0.25, 0.3) is 0 Å². The topological polar surface area (TPSA) is 75.6 Å². The first-order chi connectivity index (χ1) is 10.0. The number of hydrogen-bond donors (Lipinski definition) is 2. The summed E-state index contributed by atoms with van der Waals surface area (Å²) in [5.41, 5.74) is -0.610. The minimum absolute atomic E-state index is 0.0515. The van der Waals surface area contributed by atoms with E-state index in [0.29, 0.717) is 12.8 Å². The summed E-state index contributed by atoms with van der Waals surface area (Å²) in [5.74, 6) is -1.56. The summed E-state index contributed by atoms with van der Waals surface area (Å²) in [7, 11) is 0. The second-order valence-electron chi connectivity index (χ2n) is 5.28. The average molecular weight is 295 g/mol. The van der Waals surface area contributed by atoms with Gasteiger partial charge in [-0.15, -0.1) is 0 Å². The number of ether oxygens (including phenoxy) is 1. The first-order valence-corrected chi connectivity index (χ1v) is 6.91. The fourth-order valence-corrected chi connectivity index (χ4v) is 2.41. The maximum Gasteiger partial charge on any atom is 0.305 e. The fraction of sp³-hybridized carbons (Fsp3) is 0.467. The lowest BCUT2D eigenvalue weighted by atomic mass is 9.74. The molecule has 1 aliphatic carbocycles. The Labute approximate surface area is 122 Å². The molecule has 1 aromatic carbocycles. The Kier molecular flexibility index (Phi) is 4.77. The Bertz CT molecular complexity index is 528. The molecular formula is C15H18FNO4. The zero-order chi connectivity index (χ0) is 15.3. The average Bonchev–Trinajstić information content (AvgIpc) is 2.38. The summed E-state index contributed by atoms with van der Waals surface area (Å²) in [6.07, 6.45) is 2.28. The highest BCUT2D eigenvalue weighted by Crippen LogP contribution is 2.34. The number of halogens is 1. The number of nitrogens with one attached hydrogen (secondary N) is 1. The van der Waals surface area contributed by atoms with Gasteiger partial charge in [0.05, 0.1) is 25.0 Å². The monoisotopic (exact) mass is 295 g/mol. The molecule has 1 amide bonds. The van der Waals surface area contributed by atoms with Crippen LogP contribution in [0.4, 0.5) is 4.39 Å². The first kappa shape index (κ1) is 15.3. The molecule has 0 atom stereocenters. The van der Waals surface area contributed by atoms with Gasteiger partial charge in [0.25, 0.3) is 0 Å². The van der Waals surface area contributed by atoms with E-state index in [-0.39, 0.29) is 31.1 Å². The predicted molar refractivity (Wildman–Crippen MR) is 73.5 cm³/mol. The maximum atomic E-state index is 13.3. The molecule has 0 spiro atoms. The zero-order valence-corrected chi connectivity index (χ0v) is 11.6. The largest absolute Gasteiger partial charge is 0.490 e. The first-order valence-electron chi connectivity index (χ1n) is 6.91. The Morgan fingerprint density at radius 2 is 2.05 bits per heavy atom. The molecule has 1 saturated carbocycles. The highest BCUT2D eigenvalue weighted by Gasteiger charge is 2.40. The number of amides is 1. The summed E-state index contributed by atoms with van der Waals surface area (Å²) in [6.45, 7) is 0.0515. The van der Waals surface area contributed by atoms with Crippen LogP contribution in [0.2, 0.25) is 0 Å². The van der Waals surface area contributed by atoms with Gasteiger partial charge in [0.1, 0.15) is 0 Å². The van der Waals surface area contributed by atoms with E-state index in [1.165, 1.54) is 12.1 Å². The van der Waals surface area contributed by atoms with Gasteiger partial charge >= 0.3 is 5.97 Å². The molecule has 2 rings (SSSR count). The SMILES string of the molecule is O=C(O)CC1(NC(=O)CCOc2ccccc2F)CCC1. The van der Waals surface area contributed by atoms with Gasteiger partial charge in [-0.3, -0.25) is 9.59 Å². The van der Waals surface area contributed by atoms with E-state index in [2.05, 4.69) is 5.32 Å². The molecule has 1 aromatic rings. The van der Waals surface area contributed by atoms with Crippen molar-refractivity contribution in [3.05, 3.63) is 30.1 Å². The van der Waals surface area contributed by atoms with Gasteiger partial charge in [-0.05, 0) is 31.4 Å². The second kappa shape index (κ2) is 6.56. The molecule has 1 fully saturated rings. The van der Waals surface area contributed by atoms with Crippen molar-refractivity contribution in [3.8, 4) is 5.75 Å². The van der Waals surface area contributed by atoms with E-state index in [4.69, 9.17) is 9.84 Å². The Hall–Kier alpha value is -2.11. The third kappa shape index (κ3) is 4.18. The van der Waals surface area contributed by atoms with Crippen molar-refractivity contribution in [2.24, 2.45) is 0 Å². The van der Waals surface area contributed by atoms with Crippen molar-refractivity contribution >= 4 is 11.9 Å².